The van der Waals surface area contributed by atoms with Crippen LogP contribution in [0.25, 0.3) is 0 Å². The van der Waals surface area contributed by atoms with Crippen LogP contribution in [0.4, 0.5) is 0 Å². The van der Waals surface area contributed by atoms with E-state index in [9.17, 15) is 4.79 Å². The van der Waals surface area contributed by atoms with Crippen molar-refractivity contribution in [2.75, 3.05) is 13.2 Å². The van der Waals surface area contributed by atoms with Gasteiger partial charge in [-0.15, -0.1) is 0 Å². The summed E-state index contributed by atoms with van der Waals surface area (Å²) < 4.78 is 5.53. The van der Waals surface area contributed by atoms with E-state index in [2.05, 4.69) is 10.3 Å². The minimum atomic E-state index is -0.233. The topological polar surface area (TPSA) is 77.2 Å². The first-order valence-corrected chi connectivity index (χ1v) is 7.86. The molecule has 1 aromatic heterocycles. The predicted octanol–water partition coefficient (Wildman–Crippen LogP) is 2.95. The van der Waals surface area contributed by atoms with Gasteiger partial charge in [-0.1, -0.05) is 18.5 Å². The van der Waals surface area contributed by atoms with E-state index in [-0.39, 0.29) is 11.9 Å². The highest BCUT2D eigenvalue weighted by molar-refractivity contribution is 6.31. The number of hydrogen-bond donors (Lipinski definition) is 2. The third-order valence-electron chi connectivity index (χ3n) is 3.38. The molecule has 1 unspecified atom stereocenters. The highest BCUT2D eigenvalue weighted by Crippen LogP contribution is 2.24. The molecule has 2 rings (SSSR count). The maximum Gasteiger partial charge on any atom is 0.255 e. The van der Waals surface area contributed by atoms with Gasteiger partial charge in [-0.05, 0) is 42.3 Å². The Morgan fingerprint density at radius 1 is 1.35 bits per heavy atom. The molecule has 1 heterocycles. The maximum atomic E-state index is 12.6. The number of nitrogens with two attached hydrogens (primary N) is 1. The summed E-state index contributed by atoms with van der Waals surface area (Å²) in [5, 5.41) is 3.49. The van der Waals surface area contributed by atoms with Crippen molar-refractivity contribution < 1.29 is 9.53 Å². The van der Waals surface area contributed by atoms with Crippen molar-refractivity contribution in [2.24, 2.45) is 5.73 Å². The number of nitrogens with one attached hydrogen (secondary N) is 1. The van der Waals surface area contributed by atoms with E-state index >= 15 is 0 Å². The molecule has 0 aliphatic carbocycles. The summed E-state index contributed by atoms with van der Waals surface area (Å²) in [5.41, 5.74) is 6.86. The molecule has 0 aliphatic rings. The zero-order chi connectivity index (χ0) is 16.7. The summed E-state index contributed by atoms with van der Waals surface area (Å²) >= 11 is 6.01. The molecule has 1 atom stereocenters. The predicted molar refractivity (Wildman–Crippen MR) is 90.7 cm³/mol. The molecule has 5 nitrogen and oxygen atoms in total. The number of carbonyl (C=O) groups excluding carboxylic acids is 1. The van der Waals surface area contributed by atoms with Crippen molar-refractivity contribution in [3.8, 4) is 5.75 Å². The molecule has 0 saturated carbocycles. The number of pyridine rings is 1. The maximum absolute atomic E-state index is 12.6. The SMILES string of the molecule is CCC(NC(=O)c1cc(Cl)ccc1OCCN)c1ccncc1. The van der Waals surface area contributed by atoms with E-state index in [1.54, 1.807) is 30.6 Å². The van der Waals surface area contributed by atoms with Gasteiger partial charge in [-0.3, -0.25) is 9.78 Å². The number of halogens is 1. The van der Waals surface area contributed by atoms with Crippen LogP contribution in [0.2, 0.25) is 5.02 Å². The normalized spacial score (nSPS) is 11.8. The smallest absolute Gasteiger partial charge is 0.255 e. The second kappa shape index (κ2) is 8.50. The second-order valence-corrected chi connectivity index (χ2v) is 5.43. The second-order valence-electron chi connectivity index (χ2n) is 4.99. The monoisotopic (exact) mass is 333 g/mol. The Labute approximate surface area is 140 Å². The highest BCUT2D eigenvalue weighted by Gasteiger charge is 2.18. The van der Waals surface area contributed by atoms with Crippen LogP contribution < -0.4 is 15.8 Å². The lowest BCUT2D eigenvalue weighted by Crippen LogP contribution is -2.28. The van der Waals surface area contributed by atoms with Crippen LogP contribution in [-0.4, -0.2) is 24.0 Å². The fourth-order valence-corrected chi connectivity index (χ4v) is 2.40. The molecule has 1 aromatic carbocycles. The lowest BCUT2D eigenvalue weighted by molar-refractivity contribution is 0.0931. The standard InChI is InChI=1S/C17H20ClN3O2/c1-2-15(12-5-8-20-9-6-12)21-17(22)14-11-13(18)3-4-16(14)23-10-7-19/h3-6,8-9,11,15H,2,7,10,19H2,1H3,(H,21,22). The number of amides is 1. The molecule has 122 valence electrons. The minimum absolute atomic E-state index is 0.105. The summed E-state index contributed by atoms with van der Waals surface area (Å²) in [6.07, 6.45) is 4.17. The van der Waals surface area contributed by atoms with Crippen molar-refractivity contribution in [1.29, 1.82) is 0 Å². The van der Waals surface area contributed by atoms with Gasteiger partial charge >= 0.3 is 0 Å². The fourth-order valence-electron chi connectivity index (χ4n) is 2.23. The molecule has 1 amide bonds. The summed E-state index contributed by atoms with van der Waals surface area (Å²) in [5.74, 6) is 0.241. The Morgan fingerprint density at radius 2 is 2.09 bits per heavy atom. The molecule has 0 fully saturated rings. The van der Waals surface area contributed by atoms with Crippen LogP contribution in [0.3, 0.4) is 0 Å². The summed E-state index contributed by atoms with van der Waals surface area (Å²) in [7, 11) is 0. The van der Waals surface area contributed by atoms with E-state index in [0.717, 1.165) is 12.0 Å². The van der Waals surface area contributed by atoms with Gasteiger partial charge in [0.15, 0.2) is 0 Å². The molecule has 0 bridgehead atoms. The van der Waals surface area contributed by atoms with Crippen molar-refractivity contribution >= 4 is 17.5 Å². The Morgan fingerprint density at radius 3 is 2.74 bits per heavy atom. The number of benzene rings is 1. The molecule has 0 radical (unpaired) electrons. The zero-order valence-corrected chi connectivity index (χ0v) is 13.7. The van der Waals surface area contributed by atoms with E-state index < -0.39 is 0 Å². The van der Waals surface area contributed by atoms with Gasteiger partial charge < -0.3 is 15.8 Å². The van der Waals surface area contributed by atoms with E-state index in [4.69, 9.17) is 22.1 Å². The largest absolute Gasteiger partial charge is 0.491 e. The first kappa shape index (κ1) is 17.2. The Hall–Kier alpha value is -2.11. The average Bonchev–Trinajstić information content (AvgIpc) is 2.59. The van der Waals surface area contributed by atoms with Crippen LogP contribution in [-0.2, 0) is 0 Å². The Kier molecular flexibility index (Phi) is 6.38. The van der Waals surface area contributed by atoms with Crippen molar-refractivity contribution in [1.82, 2.24) is 10.3 Å². The molecule has 0 saturated heterocycles. The highest BCUT2D eigenvalue weighted by atomic mass is 35.5. The quantitative estimate of drug-likeness (QED) is 0.816. The van der Waals surface area contributed by atoms with Crippen LogP contribution in [0.5, 0.6) is 5.75 Å². The molecule has 2 aromatic rings. The first-order chi connectivity index (χ1) is 11.2. The number of ether oxygens (including phenoxy) is 1. The van der Waals surface area contributed by atoms with E-state index in [1.807, 2.05) is 19.1 Å². The van der Waals surface area contributed by atoms with E-state index in [1.165, 1.54) is 0 Å². The van der Waals surface area contributed by atoms with Gasteiger partial charge in [0.1, 0.15) is 12.4 Å². The van der Waals surface area contributed by atoms with Crippen LogP contribution in [0.1, 0.15) is 35.3 Å². The lowest BCUT2D eigenvalue weighted by atomic mass is 10.1. The van der Waals surface area contributed by atoms with E-state index in [0.29, 0.717) is 29.5 Å². The molecular formula is C17H20ClN3O2. The van der Waals surface area contributed by atoms with Gasteiger partial charge in [0.25, 0.3) is 5.91 Å². The lowest BCUT2D eigenvalue weighted by Gasteiger charge is -2.18. The van der Waals surface area contributed by atoms with Gasteiger partial charge in [-0.2, -0.15) is 0 Å². The number of aromatic nitrogens is 1. The van der Waals surface area contributed by atoms with Gasteiger partial charge in [-0.25, -0.2) is 0 Å². The third-order valence-corrected chi connectivity index (χ3v) is 3.62. The van der Waals surface area contributed by atoms with Crippen LogP contribution in [0, 0.1) is 0 Å². The third kappa shape index (κ3) is 4.68. The molecule has 23 heavy (non-hydrogen) atoms. The number of carbonyl (C=O) groups is 1. The molecular weight excluding hydrogens is 314 g/mol. The molecule has 3 N–H and O–H groups in total. The summed E-state index contributed by atoms with van der Waals surface area (Å²) in [6.45, 7) is 2.72. The number of hydrogen-bond acceptors (Lipinski definition) is 4. The molecule has 0 aliphatic heterocycles. The number of rotatable bonds is 7. The van der Waals surface area contributed by atoms with Crippen molar-refractivity contribution in [2.45, 2.75) is 19.4 Å². The minimum Gasteiger partial charge on any atom is -0.491 e. The first-order valence-electron chi connectivity index (χ1n) is 7.49. The van der Waals surface area contributed by atoms with Crippen LogP contribution in [0.15, 0.2) is 42.7 Å². The molecule has 6 heteroatoms. The fraction of sp³-hybridized carbons (Fsp3) is 0.294. The van der Waals surface area contributed by atoms with Crippen molar-refractivity contribution in [3.05, 3.63) is 58.9 Å². The van der Waals surface area contributed by atoms with Crippen molar-refractivity contribution in [3.63, 3.8) is 0 Å². The van der Waals surface area contributed by atoms with Gasteiger partial charge in [0.2, 0.25) is 0 Å². The zero-order valence-electron chi connectivity index (χ0n) is 13.0. The average molecular weight is 334 g/mol. The van der Waals surface area contributed by atoms with Gasteiger partial charge in [0, 0.05) is 24.0 Å². The Bertz CT molecular complexity index is 650. The van der Waals surface area contributed by atoms with Crippen LogP contribution >= 0.6 is 11.6 Å². The number of nitrogens with zero attached hydrogens (tertiary/aromatic N) is 1. The summed E-state index contributed by atoms with van der Waals surface area (Å²) in [4.78, 5) is 16.6. The summed E-state index contributed by atoms with van der Waals surface area (Å²) in [6, 6.07) is 8.63. The van der Waals surface area contributed by atoms with Gasteiger partial charge in [0.05, 0.1) is 11.6 Å². The molecule has 0 spiro atoms. The Balaban J connectivity index is 2.20.